The molecule has 0 fully saturated rings. The number of carbonyl (C=O) groups is 1. The van der Waals surface area contributed by atoms with Gasteiger partial charge in [0.05, 0.1) is 24.5 Å². The van der Waals surface area contributed by atoms with E-state index in [0.29, 0.717) is 4.47 Å². The molecule has 5 nitrogen and oxygen atoms in total. The van der Waals surface area contributed by atoms with Crippen molar-refractivity contribution in [2.24, 2.45) is 0 Å². The van der Waals surface area contributed by atoms with Crippen molar-refractivity contribution in [1.82, 2.24) is 15.1 Å². The molecule has 25 heavy (non-hydrogen) atoms. The van der Waals surface area contributed by atoms with Gasteiger partial charge >= 0.3 is 6.09 Å². The molecule has 2 rings (SSSR count). The number of benzene rings is 1. The van der Waals surface area contributed by atoms with Crippen molar-refractivity contribution in [3.8, 4) is 0 Å². The molecule has 1 unspecified atom stereocenters. The van der Waals surface area contributed by atoms with E-state index in [1.807, 2.05) is 0 Å². The molecule has 1 aromatic heterocycles. The van der Waals surface area contributed by atoms with Crippen LogP contribution in [0.25, 0.3) is 0 Å². The molecule has 0 aliphatic rings. The molecule has 1 atom stereocenters. The molecular formula is C17H20BrF2N3O2. The largest absolute Gasteiger partial charge is 0.444 e. The van der Waals surface area contributed by atoms with E-state index in [1.54, 1.807) is 39.8 Å². The van der Waals surface area contributed by atoms with Crippen LogP contribution in [0.15, 0.2) is 35.1 Å². The van der Waals surface area contributed by atoms with Crippen LogP contribution in [0.1, 0.15) is 33.3 Å². The summed E-state index contributed by atoms with van der Waals surface area (Å²) in [5.74, 6) is -1.02. The smallest absolute Gasteiger partial charge is 0.408 e. The zero-order valence-electron chi connectivity index (χ0n) is 14.4. The van der Waals surface area contributed by atoms with Gasteiger partial charge in [-0.05, 0) is 45.9 Å². The van der Waals surface area contributed by atoms with E-state index in [0.717, 1.165) is 6.20 Å². The number of rotatable bonds is 4. The highest BCUT2D eigenvalue weighted by atomic mass is 79.9. The highest BCUT2D eigenvalue weighted by Gasteiger charge is 2.34. The van der Waals surface area contributed by atoms with Gasteiger partial charge in [0, 0.05) is 10.0 Å². The third-order valence-electron chi connectivity index (χ3n) is 3.38. The van der Waals surface area contributed by atoms with Gasteiger partial charge in [0.25, 0.3) is 0 Å². The maximum atomic E-state index is 14.4. The molecule has 0 aliphatic heterocycles. The van der Waals surface area contributed by atoms with Gasteiger partial charge in [0.15, 0.2) is 5.82 Å². The Balaban J connectivity index is 2.39. The molecule has 0 saturated heterocycles. The van der Waals surface area contributed by atoms with Gasteiger partial charge in [0.2, 0.25) is 0 Å². The lowest BCUT2D eigenvalue weighted by atomic mass is 9.91. The van der Waals surface area contributed by atoms with Gasteiger partial charge < -0.3 is 10.1 Å². The second-order valence-electron chi connectivity index (χ2n) is 6.94. The van der Waals surface area contributed by atoms with Gasteiger partial charge in [-0.2, -0.15) is 5.10 Å². The summed E-state index contributed by atoms with van der Waals surface area (Å²) in [7, 11) is 0. The number of carbonyl (C=O) groups excluding carboxylic acids is 1. The Morgan fingerprint density at radius 3 is 2.56 bits per heavy atom. The first kappa shape index (κ1) is 19.4. The Bertz CT molecular complexity index is 773. The Kier molecular flexibility index (Phi) is 5.51. The summed E-state index contributed by atoms with van der Waals surface area (Å²) >= 11 is 3.30. The van der Waals surface area contributed by atoms with Gasteiger partial charge in [-0.25, -0.2) is 13.6 Å². The Morgan fingerprint density at radius 1 is 1.32 bits per heavy atom. The van der Waals surface area contributed by atoms with E-state index in [-0.39, 0.29) is 12.1 Å². The minimum Gasteiger partial charge on any atom is -0.444 e. The Morgan fingerprint density at radius 2 is 2.00 bits per heavy atom. The van der Waals surface area contributed by atoms with Crippen LogP contribution < -0.4 is 5.32 Å². The fourth-order valence-corrected chi connectivity index (χ4v) is 2.75. The lowest BCUT2D eigenvalue weighted by molar-refractivity contribution is 0.0446. The highest BCUT2D eigenvalue weighted by Crippen LogP contribution is 2.29. The summed E-state index contributed by atoms with van der Waals surface area (Å²) < 4.78 is 34.9. The molecule has 136 valence electrons. The summed E-state index contributed by atoms with van der Waals surface area (Å²) in [5, 5.41) is 6.56. The van der Waals surface area contributed by atoms with Crippen molar-refractivity contribution in [2.75, 3.05) is 0 Å². The first-order chi connectivity index (χ1) is 11.5. The van der Waals surface area contributed by atoms with Crippen molar-refractivity contribution in [1.29, 1.82) is 0 Å². The second-order valence-corrected chi connectivity index (χ2v) is 7.85. The van der Waals surface area contributed by atoms with Crippen molar-refractivity contribution < 1.29 is 18.3 Å². The average Bonchev–Trinajstić information content (AvgIpc) is 2.84. The Hall–Kier alpha value is -1.96. The maximum Gasteiger partial charge on any atom is 0.408 e. The molecule has 0 radical (unpaired) electrons. The molecule has 1 amide bonds. The monoisotopic (exact) mass is 415 g/mol. The van der Waals surface area contributed by atoms with Crippen LogP contribution >= 0.6 is 15.9 Å². The van der Waals surface area contributed by atoms with E-state index in [4.69, 9.17) is 4.74 Å². The van der Waals surface area contributed by atoms with Gasteiger partial charge in [0.1, 0.15) is 11.4 Å². The quantitative estimate of drug-likeness (QED) is 0.806. The fraction of sp³-hybridized carbons (Fsp3) is 0.412. The third kappa shape index (κ3) is 5.26. The second kappa shape index (κ2) is 7.11. The van der Waals surface area contributed by atoms with Crippen molar-refractivity contribution in [3.05, 3.63) is 52.3 Å². The van der Waals surface area contributed by atoms with Crippen LogP contribution in [-0.4, -0.2) is 21.5 Å². The molecule has 1 aromatic carbocycles. The third-order valence-corrected chi connectivity index (χ3v) is 3.87. The van der Waals surface area contributed by atoms with E-state index in [2.05, 4.69) is 26.3 Å². The summed E-state index contributed by atoms with van der Waals surface area (Å²) in [6.45, 7) is 6.83. The van der Waals surface area contributed by atoms with Crippen LogP contribution in [0.2, 0.25) is 0 Å². The van der Waals surface area contributed by atoms with Crippen LogP contribution in [0.4, 0.5) is 13.6 Å². The number of ether oxygens (including phenoxy) is 1. The predicted octanol–water partition coefficient (Wildman–Crippen LogP) is 4.36. The molecule has 0 aliphatic carbocycles. The topological polar surface area (TPSA) is 56.1 Å². The number of hydrogen-bond acceptors (Lipinski definition) is 3. The fourth-order valence-electron chi connectivity index (χ4n) is 2.39. The summed E-state index contributed by atoms with van der Waals surface area (Å²) in [4.78, 5) is 12.3. The first-order valence-electron chi connectivity index (χ1n) is 7.63. The lowest BCUT2D eigenvalue weighted by Crippen LogP contribution is -2.49. The molecule has 8 heteroatoms. The van der Waals surface area contributed by atoms with E-state index >= 15 is 0 Å². The molecule has 0 bridgehead atoms. The average molecular weight is 416 g/mol. The number of amides is 1. The summed E-state index contributed by atoms with van der Waals surface area (Å²) in [6, 6.07) is 4.41. The van der Waals surface area contributed by atoms with E-state index in [1.165, 1.54) is 16.9 Å². The van der Waals surface area contributed by atoms with E-state index in [9.17, 15) is 13.6 Å². The summed E-state index contributed by atoms with van der Waals surface area (Å²) in [5.41, 5.74) is -1.70. The molecule has 1 N–H and O–H groups in total. The number of hydrogen-bond donors (Lipinski definition) is 1. The van der Waals surface area contributed by atoms with Crippen molar-refractivity contribution in [2.45, 2.75) is 45.4 Å². The number of nitrogens with one attached hydrogen (secondary N) is 1. The number of halogens is 3. The number of alkyl carbamates (subject to hydrolysis) is 1. The zero-order chi connectivity index (χ0) is 18.8. The first-order valence-corrected chi connectivity index (χ1v) is 8.42. The SMILES string of the molecule is CC(C)(C)OC(=O)NC(C)(Cn1cc(F)cn1)c1cc(Br)ccc1F. The number of nitrogens with zero attached hydrogens (tertiary/aromatic N) is 2. The van der Waals surface area contributed by atoms with Crippen LogP contribution in [0.5, 0.6) is 0 Å². The normalized spacial score (nSPS) is 14.0. The lowest BCUT2D eigenvalue weighted by Gasteiger charge is -2.33. The number of aromatic nitrogens is 2. The highest BCUT2D eigenvalue weighted by molar-refractivity contribution is 9.10. The van der Waals surface area contributed by atoms with Crippen LogP contribution in [-0.2, 0) is 16.8 Å². The molecule has 1 heterocycles. The molecule has 0 saturated carbocycles. The minimum atomic E-state index is -1.21. The van der Waals surface area contributed by atoms with Crippen molar-refractivity contribution in [3.63, 3.8) is 0 Å². The van der Waals surface area contributed by atoms with Crippen LogP contribution in [0.3, 0.4) is 0 Å². The minimum absolute atomic E-state index is 0.0174. The van der Waals surface area contributed by atoms with E-state index < -0.39 is 28.9 Å². The summed E-state index contributed by atoms with van der Waals surface area (Å²) in [6.07, 6.45) is 1.51. The van der Waals surface area contributed by atoms with Gasteiger partial charge in [-0.15, -0.1) is 0 Å². The molecular weight excluding hydrogens is 396 g/mol. The zero-order valence-corrected chi connectivity index (χ0v) is 16.0. The standard InChI is InChI=1S/C17H20BrF2N3O2/c1-16(2,3)25-15(24)22-17(4,10-23-9-12(19)8-21-23)13-7-11(18)5-6-14(13)20/h5-9H,10H2,1-4H3,(H,22,24). The molecule has 2 aromatic rings. The molecule has 0 spiro atoms. The van der Waals surface area contributed by atoms with Gasteiger partial charge in [-0.1, -0.05) is 15.9 Å². The van der Waals surface area contributed by atoms with Crippen LogP contribution in [0, 0.1) is 11.6 Å². The maximum absolute atomic E-state index is 14.4. The van der Waals surface area contributed by atoms with Crippen molar-refractivity contribution >= 4 is 22.0 Å². The van der Waals surface area contributed by atoms with Gasteiger partial charge in [-0.3, -0.25) is 4.68 Å². The Labute approximate surface area is 153 Å². The predicted molar refractivity (Wildman–Crippen MR) is 93.0 cm³/mol.